The molecule has 6 heteroatoms. The monoisotopic (exact) mass is 1060 g/mol. The van der Waals surface area contributed by atoms with Crippen molar-refractivity contribution >= 4 is 17.9 Å². The highest BCUT2D eigenvalue weighted by Gasteiger charge is 2.19. The highest BCUT2D eigenvalue weighted by molar-refractivity contribution is 5.71. The van der Waals surface area contributed by atoms with E-state index < -0.39 is 6.10 Å². The Balaban J connectivity index is 4.18. The van der Waals surface area contributed by atoms with Gasteiger partial charge in [0.05, 0.1) is 0 Å². The average molecular weight is 1060 g/mol. The smallest absolute Gasteiger partial charge is 0.306 e. The van der Waals surface area contributed by atoms with Gasteiger partial charge in [-0.1, -0.05) is 287 Å². The third-order valence-corrected chi connectivity index (χ3v) is 14.7. The standard InChI is InChI=1S/C70H126O6/c1-4-7-10-13-16-19-22-25-27-29-30-31-32-33-34-35-36-37-38-39-40-42-43-45-48-51-54-57-60-63-69(72)75-66-67(65-74-68(71)62-59-56-53-50-47-24-21-18-15-12-9-6-3)76-70(73)64-61-58-55-52-49-46-44-41-28-26-23-20-17-14-11-8-5-2/h8,11,17-18,20-21,26,28-30,67H,4-7,9-10,12-16,19,22-25,27,31-66H2,1-3H3/b11-8-,20-17-,21-18-,28-26-,30-29-. The molecule has 1 atom stereocenters. The van der Waals surface area contributed by atoms with Crippen LogP contribution in [0, 0.1) is 0 Å². The molecule has 6 nitrogen and oxygen atoms in total. The summed E-state index contributed by atoms with van der Waals surface area (Å²) >= 11 is 0. The minimum atomic E-state index is -0.782. The molecule has 0 aliphatic carbocycles. The van der Waals surface area contributed by atoms with E-state index in [0.29, 0.717) is 19.3 Å². The Bertz CT molecular complexity index is 1360. The molecule has 0 bridgehead atoms. The van der Waals surface area contributed by atoms with Gasteiger partial charge in [-0.2, -0.15) is 0 Å². The Morgan fingerprint density at radius 1 is 0.276 bits per heavy atom. The average Bonchev–Trinajstić information content (AvgIpc) is 3.42. The summed E-state index contributed by atoms with van der Waals surface area (Å²) in [5.41, 5.74) is 0. The first-order valence-electron chi connectivity index (χ1n) is 33.3. The molecule has 0 fully saturated rings. The van der Waals surface area contributed by atoms with Crippen LogP contribution in [0.5, 0.6) is 0 Å². The van der Waals surface area contributed by atoms with Crippen molar-refractivity contribution < 1.29 is 28.6 Å². The lowest BCUT2D eigenvalue weighted by molar-refractivity contribution is -0.167. The molecule has 0 spiro atoms. The number of carbonyl (C=O) groups excluding carboxylic acids is 3. The molecule has 0 aromatic rings. The van der Waals surface area contributed by atoms with Gasteiger partial charge in [-0.15, -0.1) is 0 Å². The molecule has 0 aromatic carbocycles. The Morgan fingerprint density at radius 2 is 0.513 bits per heavy atom. The number of hydrogen-bond donors (Lipinski definition) is 0. The Labute approximate surface area is 472 Å². The van der Waals surface area contributed by atoms with Gasteiger partial charge in [-0.3, -0.25) is 14.4 Å². The third-order valence-electron chi connectivity index (χ3n) is 14.7. The van der Waals surface area contributed by atoms with Gasteiger partial charge >= 0.3 is 17.9 Å². The molecule has 76 heavy (non-hydrogen) atoms. The fourth-order valence-electron chi connectivity index (χ4n) is 9.74. The van der Waals surface area contributed by atoms with Gasteiger partial charge in [0.1, 0.15) is 13.2 Å². The van der Waals surface area contributed by atoms with E-state index in [9.17, 15) is 14.4 Å². The summed E-state index contributed by atoms with van der Waals surface area (Å²) in [7, 11) is 0. The van der Waals surface area contributed by atoms with Gasteiger partial charge in [0.2, 0.25) is 0 Å². The normalized spacial score (nSPS) is 12.4. The minimum Gasteiger partial charge on any atom is -0.462 e. The van der Waals surface area contributed by atoms with E-state index in [1.165, 1.54) is 218 Å². The summed E-state index contributed by atoms with van der Waals surface area (Å²) < 4.78 is 16.9. The molecule has 0 aliphatic heterocycles. The van der Waals surface area contributed by atoms with Crippen LogP contribution in [0.1, 0.15) is 348 Å². The van der Waals surface area contributed by atoms with E-state index in [1.54, 1.807) is 0 Å². The van der Waals surface area contributed by atoms with Gasteiger partial charge in [0.25, 0.3) is 0 Å². The summed E-state index contributed by atoms with van der Waals surface area (Å²) in [6, 6.07) is 0. The van der Waals surface area contributed by atoms with Gasteiger partial charge in [-0.25, -0.2) is 0 Å². The van der Waals surface area contributed by atoms with Crippen molar-refractivity contribution in [3.8, 4) is 0 Å². The van der Waals surface area contributed by atoms with Crippen LogP contribution in [-0.4, -0.2) is 37.2 Å². The fraction of sp³-hybridized carbons (Fsp3) is 0.814. The van der Waals surface area contributed by atoms with E-state index in [2.05, 4.69) is 81.5 Å². The van der Waals surface area contributed by atoms with Crippen LogP contribution in [0.4, 0.5) is 0 Å². The summed E-state index contributed by atoms with van der Waals surface area (Å²) in [5, 5.41) is 0. The molecule has 0 heterocycles. The topological polar surface area (TPSA) is 78.9 Å². The van der Waals surface area contributed by atoms with E-state index in [0.717, 1.165) is 89.9 Å². The van der Waals surface area contributed by atoms with Crippen molar-refractivity contribution in [3.05, 3.63) is 60.8 Å². The first kappa shape index (κ1) is 73.1. The van der Waals surface area contributed by atoms with Gasteiger partial charge in [0.15, 0.2) is 6.10 Å². The van der Waals surface area contributed by atoms with Crippen molar-refractivity contribution in [2.75, 3.05) is 13.2 Å². The highest BCUT2D eigenvalue weighted by Crippen LogP contribution is 2.17. The fourth-order valence-corrected chi connectivity index (χ4v) is 9.74. The molecular weight excluding hydrogens is 937 g/mol. The third kappa shape index (κ3) is 62.0. The highest BCUT2D eigenvalue weighted by atomic mass is 16.6. The lowest BCUT2D eigenvalue weighted by atomic mass is 10.0. The maximum atomic E-state index is 12.9. The lowest BCUT2D eigenvalue weighted by Gasteiger charge is -2.18. The Morgan fingerprint density at radius 3 is 0.842 bits per heavy atom. The van der Waals surface area contributed by atoms with E-state index in [4.69, 9.17) is 14.2 Å². The molecule has 0 amide bonds. The number of esters is 3. The summed E-state index contributed by atoms with van der Waals surface area (Å²) in [4.78, 5) is 38.3. The van der Waals surface area contributed by atoms with Crippen LogP contribution >= 0.6 is 0 Å². The number of rotatable bonds is 61. The molecule has 0 radical (unpaired) electrons. The minimum absolute atomic E-state index is 0.0782. The van der Waals surface area contributed by atoms with Crippen LogP contribution in [0.2, 0.25) is 0 Å². The Hall–Kier alpha value is -2.89. The van der Waals surface area contributed by atoms with Crippen LogP contribution in [0.3, 0.4) is 0 Å². The van der Waals surface area contributed by atoms with Crippen LogP contribution in [0.15, 0.2) is 60.8 Å². The zero-order chi connectivity index (χ0) is 55.0. The molecule has 0 aliphatic rings. The van der Waals surface area contributed by atoms with E-state index in [-0.39, 0.29) is 31.1 Å². The zero-order valence-corrected chi connectivity index (χ0v) is 50.8. The maximum Gasteiger partial charge on any atom is 0.306 e. The van der Waals surface area contributed by atoms with Gasteiger partial charge in [0, 0.05) is 19.3 Å². The van der Waals surface area contributed by atoms with Crippen LogP contribution in [-0.2, 0) is 28.6 Å². The van der Waals surface area contributed by atoms with Crippen LogP contribution < -0.4 is 0 Å². The lowest BCUT2D eigenvalue weighted by Crippen LogP contribution is -2.30. The molecule has 0 N–H and O–H groups in total. The Kier molecular flexibility index (Phi) is 62.2. The second-order valence-electron chi connectivity index (χ2n) is 22.3. The zero-order valence-electron chi connectivity index (χ0n) is 50.8. The molecule has 1 unspecified atom stereocenters. The molecule has 0 saturated carbocycles. The van der Waals surface area contributed by atoms with Gasteiger partial charge in [-0.05, 0) is 103 Å². The SMILES string of the molecule is CC/C=C\C/C=C\C/C=C\CCCCCCCCCC(=O)OC(COC(=O)CCCCCCC/C=C\CCCCC)COC(=O)CCCCCCCCCCCCCCCCCCC/C=C\CCCCCCCCCC. The first-order chi connectivity index (χ1) is 37.5. The number of ether oxygens (including phenoxy) is 3. The summed E-state index contributed by atoms with van der Waals surface area (Å²) in [6.45, 7) is 6.53. The number of allylic oxidation sites excluding steroid dienone is 10. The summed E-state index contributed by atoms with van der Waals surface area (Å²) in [6.07, 6.45) is 82.5. The molecule has 0 aromatic heterocycles. The van der Waals surface area contributed by atoms with E-state index >= 15 is 0 Å². The predicted octanol–water partition coefficient (Wildman–Crippen LogP) is 22.7. The predicted molar refractivity (Wildman–Crippen MR) is 330 cm³/mol. The molecule has 0 saturated heterocycles. The molecule has 0 rings (SSSR count). The second kappa shape index (κ2) is 64.6. The van der Waals surface area contributed by atoms with Crippen molar-refractivity contribution in [2.24, 2.45) is 0 Å². The van der Waals surface area contributed by atoms with Crippen molar-refractivity contribution in [2.45, 2.75) is 354 Å². The van der Waals surface area contributed by atoms with Crippen LogP contribution in [0.25, 0.3) is 0 Å². The number of carbonyl (C=O) groups is 3. The number of hydrogen-bond acceptors (Lipinski definition) is 6. The number of unbranched alkanes of at least 4 members (excludes halogenated alkanes) is 40. The maximum absolute atomic E-state index is 12.9. The van der Waals surface area contributed by atoms with Crippen molar-refractivity contribution in [1.29, 1.82) is 0 Å². The van der Waals surface area contributed by atoms with E-state index in [1.807, 2.05) is 0 Å². The van der Waals surface area contributed by atoms with Crippen molar-refractivity contribution in [1.82, 2.24) is 0 Å². The summed E-state index contributed by atoms with van der Waals surface area (Å²) in [5.74, 6) is -0.881. The van der Waals surface area contributed by atoms with Gasteiger partial charge < -0.3 is 14.2 Å². The molecule has 442 valence electrons. The quantitative estimate of drug-likeness (QED) is 0.0261. The molecular formula is C70H126O6. The van der Waals surface area contributed by atoms with Crippen molar-refractivity contribution in [3.63, 3.8) is 0 Å². The second-order valence-corrected chi connectivity index (χ2v) is 22.3. The first-order valence-corrected chi connectivity index (χ1v) is 33.3. The largest absolute Gasteiger partial charge is 0.462 e.